The molecule has 3 heterocycles. The predicted octanol–water partition coefficient (Wildman–Crippen LogP) is 3.29. The third-order valence-corrected chi connectivity index (χ3v) is 5.42. The molecule has 2 aromatic heterocycles. The maximum absolute atomic E-state index is 12.6. The van der Waals surface area contributed by atoms with Crippen LogP contribution in [0.3, 0.4) is 0 Å². The Morgan fingerprint density at radius 2 is 2.07 bits per heavy atom. The summed E-state index contributed by atoms with van der Waals surface area (Å²) in [5.74, 6) is 0.565. The topological polar surface area (TPSA) is 105 Å². The van der Waals surface area contributed by atoms with Gasteiger partial charge in [-0.25, -0.2) is 4.98 Å². The van der Waals surface area contributed by atoms with E-state index in [9.17, 15) is 18.3 Å². The number of ether oxygens (including phenoxy) is 1. The third-order valence-electron chi connectivity index (χ3n) is 4.42. The molecule has 1 unspecified atom stereocenters. The van der Waals surface area contributed by atoms with E-state index < -0.39 is 18.3 Å². The fourth-order valence-electron chi connectivity index (χ4n) is 2.97. The Hall–Kier alpha value is -2.89. The number of benzene rings is 1. The molecule has 0 amide bonds. The summed E-state index contributed by atoms with van der Waals surface area (Å²) in [4.78, 5) is 8.68. The zero-order valence-electron chi connectivity index (χ0n) is 15.5. The lowest BCUT2D eigenvalue weighted by Gasteiger charge is -2.12. The highest BCUT2D eigenvalue weighted by Gasteiger charge is 2.32. The van der Waals surface area contributed by atoms with Gasteiger partial charge < -0.3 is 26.2 Å². The highest BCUT2D eigenvalue weighted by molar-refractivity contribution is 7.18. The van der Waals surface area contributed by atoms with Gasteiger partial charge in [0.25, 0.3) is 6.41 Å². The van der Waals surface area contributed by atoms with E-state index in [0.717, 1.165) is 22.2 Å². The van der Waals surface area contributed by atoms with Crippen molar-refractivity contribution in [3.05, 3.63) is 54.0 Å². The first-order chi connectivity index (χ1) is 14.3. The second-order valence-corrected chi connectivity index (χ2v) is 7.78. The van der Waals surface area contributed by atoms with Gasteiger partial charge >= 0.3 is 6.18 Å². The molecule has 3 aromatic rings. The number of nitrogens with one attached hydrogen (secondary N) is 2. The average molecular weight is 437 g/mol. The van der Waals surface area contributed by atoms with Crippen LogP contribution in [0.5, 0.6) is 5.75 Å². The van der Waals surface area contributed by atoms with Crippen molar-refractivity contribution in [2.45, 2.75) is 25.1 Å². The first-order valence-corrected chi connectivity index (χ1v) is 9.83. The van der Waals surface area contributed by atoms with E-state index in [1.165, 1.54) is 23.6 Å². The second kappa shape index (κ2) is 8.09. The van der Waals surface area contributed by atoms with E-state index in [4.69, 9.17) is 10.5 Å². The van der Waals surface area contributed by atoms with Crippen LogP contribution in [0.2, 0.25) is 0 Å². The van der Waals surface area contributed by atoms with Crippen LogP contribution in [0.1, 0.15) is 11.3 Å². The molecule has 0 fully saturated rings. The number of hydrogen-bond acceptors (Lipinski definition) is 8. The standard InChI is InChI=1S/C19H18F3N5O2S/c20-19(21,22)16-4-1-10(7-24-16)5-12(23)8-25-17-26-9-15(30-17)11-2-3-13-14(6-11)29-18(28)27-13/h1-4,6-7,9,12,18,27-28H,5,8,23H2,(H,25,26)/t12-,18?/m0/s1. The van der Waals surface area contributed by atoms with Crippen molar-refractivity contribution < 1.29 is 23.0 Å². The van der Waals surface area contributed by atoms with Crippen molar-refractivity contribution in [2.75, 3.05) is 17.2 Å². The van der Waals surface area contributed by atoms with Gasteiger partial charge in [-0.3, -0.25) is 4.98 Å². The second-order valence-electron chi connectivity index (χ2n) is 6.75. The molecule has 5 N–H and O–H groups in total. The van der Waals surface area contributed by atoms with Crippen molar-refractivity contribution in [3.8, 4) is 16.2 Å². The Morgan fingerprint density at radius 3 is 2.80 bits per heavy atom. The molecule has 0 saturated heterocycles. The molecule has 1 aliphatic rings. The molecule has 30 heavy (non-hydrogen) atoms. The van der Waals surface area contributed by atoms with E-state index in [1.54, 1.807) is 6.20 Å². The average Bonchev–Trinajstić information content (AvgIpc) is 3.31. The summed E-state index contributed by atoms with van der Waals surface area (Å²) in [5, 5.41) is 16.1. The number of aliphatic hydroxyl groups excluding tert-OH is 1. The largest absolute Gasteiger partial charge is 0.445 e. The summed E-state index contributed by atoms with van der Waals surface area (Å²) < 4.78 is 43.0. The molecular weight excluding hydrogens is 419 g/mol. The van der Waals surface area contributed by atoms with Gasteiger partial charge in [-0.05, 0) is 35.7 Å². The van der Waals surface area contributed by atoms with Crippen molar-refractivity contribution in [1.29, 1.82) is 0 Å². The predicted molar refractivity (Wildman–Crippen MR) is 107 cm³/mol. The SMILES string of the molecule is N[C@H](CNc1ncc(-c2ccc3c(c2)OC(O)N3)s1)Cc1ccc(C(F)(F)F)nc1. The molecule has 0 radical (unpaired) electrons. The van der Waals surface area contributed by atoms with Crippen LogP contribution in [0, 0.1) is 0 Å². The molecule has 1 aliphatic heterocycles. The van der Waals surface area contributed by atoms with Gasteiger partial charge in [0.2, 0.25) is 0 Å². The van der Waals surface area contributed by atoms with E-state index >= 15 is 0 Å². The van der Waals surface area contributed by atoms with Crippen LogP contribution in [0.25, 0.3) is 10.4 Å². The van der Waals surface area contributed by atoms with E-state index in [1.807, 2.05) is 18.2 Å². The number of rotatable bonds is 6. The van der Waals surface area contributed by atoms with E-state index in [0.29, 0.717) is 29.4 Å². The molecule has 4 rings (SSSR count). The zero-order chi connectivity index (χ0) is 21.3. The first kappa shape index (κ1) is 20.4. The van der Waals surface area contributed by atoms with Gasteiger partial charge in [0.05, 0.1) is 10.6 Å². The minimum atomic E-state index is -4.45. The third kappa shape index (κ3) is 4.64. The van der Waals surface area contributed by atoms with Gasteiger partial charge in [0.15, 0.2) is 5.13 Å². The van der Waals surface area contributed by atoms with Crippen molar-refractivity contribution >= 4 is 22.2 Å². The normalized spacial score (nSPS) is 16.5. The van der Waals surface area contributed by atoms with Gasteiger partial charge in [-0.1, -0.05) is 23.5 Å². The first-order valence-electron chi connectivity index (χ1n) is 9.01. The van der Waals surface area contributed by atoms with Crippen LogP contribution < -0.4 is 21.1 Å². The molecule has 158 valence electrons. The Balaban J connectivity index is 1.33. The van der Waals surface area contributed by atoms with Gasteiger partial charge in [-0.15, -0.1) is 0 Å². The molecular formula is C19H18F3N5O2S. The minimum Gasteiger partial charge on any atom is -0.445 e. The Morgan fingerprint density at radius 1 is 1.23 bits per heavy atom. The van der Waals surface area contributed by atoms with Gasteiger partial charge in [-0.2, -0.15) is 13.2 Å². The molecule has 0 bridgehead atoms. The van der Waals surface area contributed by atoms with Crippen LogP contribution >= 0.6 is 11.3 Å². The fourth-order valence-corrected chi connectivity index (χ4v) is 3.79. The van der Waals surface area contributed by atoms with Crippen LogP contribution in [-0.2, 0) is 12.6 Å². The number of pyridine rings is 1. The maximum atomic E-state index is 12.6. The number of anilines is 2. The number of thiazole rings is 1. The number of nitrogens with zero attached hydrogens (tertiary/aromatic N) is 2. The Bertz CT molecular complexity index is 1030. The Labute approximate surface area is 173 Å². The lowest BCUT2D eigenvalue weighted by molar-refractivity contribution is -0.141. The summed E-state index contributed by atoms with van der Waals surface area (Å²) in [5.41, 5.74) is 7.42. The Kier molecular flexibility index (Phi) is 5.50. The van der Waals surface area contributed by atoms with Crippen molar-refractivity contribution in [1.82, 2.24) is 9.97 Å². The quantitative estimate of drug-likeness (QED) is 0.469. The van der Waals surface area contributed by atoms with E-state index in [2.05, 4.69) is 20.6 Å². The molecule has 7 nitrogen and oxygen atoms in total. The number of aliphatic hydroxyl groups is 1. The molecule has 0 aliphatic carbocycles. The molecule has 2 atom stereocenters. The zero-order valence-corrected chi connectivity index (χ0v) is 16.3. The highest BCUT2D eigenvalue weighted by atomic mass is 32.1. The van der Waals surface area contributed by atoms with Crippen LogP contribution in [0.15, 0.2) is 42.7 Å². The maximum Gasteiger partial charge on any atom is 0.433 e. The van der Waals surface area contributed by atoms with Gasteiger partial charge in [0.1, 0.15) is 11.4 Å². The van der Waals surface area contributed by atoms with Crippen LogP contribution in [-0.4, -0.2) is 34.1 Å². The van der Waals surface area contributed by atoms with Crippen molar-refractivity contribution in [2.24, 2.45) is 5.73 Å². The smallest absolute Gasteiger partial charge is 0.433 e. The number of halogens is 3. The summed E-state index contributed by atoms with van der Waals surface area (Å²) in [6.45, 7) is 0.400. The summed E-state index contributed by atoms with van der Waals surface area (Å²) >= 11 is 1.43. The molecule has 1 aromatic carbocycles. The molecule has 0 saturated carbocycles. The lowest BCUT2D eigenvalue weighted by atomic mass is 10.1. The summed E-state index contributed by atoms with van der Waals surface area (Å²) in [6, 6.07) is 7.56. The number of fused-ring (bicyclic) bond motifs is 1. The van der Waals surface area contributed by atoms with E-state index in [-0.39, 0.29) is 6.04 Å². The van der Waals surface area contributed by atoms with Crippen LogP contribution in [0.4, 0.5) is 24.0 Å². The number of nitrogens with two attached hydrogens (primary N) is 1. The number of alkyl halides is 3. The highest BCUT2D eigenvalue weighted by Crippen LogP contribution is 2.37. The summed E-state index contributed by atoms with van der Waals surface area (Å²) in [6.07, 6.45) is -2.19. The lowest BCUT2D eigenvalue weighted by Crippen LogP contribution is -2.31. The van der Waals surface area contributed by atoms with Crippen molar-refractivity contribution in [3.63, 3.8) is 0 Å². The fraction of sp³-hybridized carbons (Fsp3) is 0.263. The minimum absolute atomic E-state index is 0.322. The molecule has 0 spiro atoms. The number of hydrogen-bond donors (Lipinski definition) is 4. The number of aromatic nitrogens is 2. The summed E-state index contributed by atoms with van der Waals surface area (Å²) in [7, 11) is 0. The molecule has 11 heteroatoms. The van der Waals surface area contributed by atoms with Gasteiger partial charge in [0, 0.05) is 25.0 Å². The monoisotopic (exact) mass is 437 g/mol.